The van der Waals surface area contributed by atoms with Crippen LogP contribution in [0.25, 0.3) is 0 Å². The summed E-state index contributed by atoms with van der Waals surface area (Å²) in [4.78, 5) is 16.5. The Bertz CT molecular complexity index is 6150. The van der Waals surface area contributed by atoms with Gasteiger partial charge in [0.1, 0.15) is 65.8 Å². The fourth-order valence-electron chi connectivity index (χ4n) is 18.7. The molecule has 12 heteroatoms. The van der Waals surface area contributed by atoms with Crippen molar-refractivity contribution in [3.63, 3.8) is 0 Å². The number of nitrogens with one attached hydrogen (secondary N) is 4. The van der Waals surface area contributed by atoms with Gasteiger partial charge in [-0.1, -0.05) is 270 Å². The number of rotatable bonds is 13. The first-order valence-corrected chi connectivity index (χ1v) is 46.7. The van der Waals surface area contributed by atoms with E-state index in [1.807, 2.05) is 26.0 Å². The van der Waals surface area contributed by atoms with Crippen molar-refractivity contribution in [2.75, 3.05) is 26.4 Å². The molecule has 4 aromatic heterocycles. The summed E-state index contributed by atoms with van der Waals surface area (Å²) in [7, 11) is 0. The van der Waals surface area contributed by atoms with Crippen LogP contribution in [0.3, 0.4) is 0 Å². The lowest BCUT2D eigenvalue weighted by molar-refractivity contribution is 0.238. The van der Waals surface area contributed by atoms with Crippen LogP contribution in [0.4, 0.5) is 0 Å². The van der Waals surface area contributed by atoms with Gasteiger partial charge in [-0.15, -0.1) is 0 Å². The van der Waals surface area contributed by atoms with E-state index >= 15 is 0 Å². The Hall–Kier alpha value is -10.7. The zero-order chi connectivity index (χ0) is 93.2. The fraction of sp³-hybridized carbons (Fsp3) is 0.448. The molecule has 0 radical (unpaired) electrons. The molecule has 0 saturated heterocycles. The van der Waals surface area contributed by atoms with Crippen LogP contribution in [-0.4, -0.2) is 66.8 Å². The molecule has 128 heavy (non-hydrogen) atoms. The van der Waals surface area contributed by atoms with Crippen LogP contribution >= 0.6 is 0 Å². The molecule has 678 valence electrons. The summed E-state index contributed by atoms with van der Waals surface area (Å²) in [5, 5.41) is 51.6. The Labute approximate surface area is 764 Å². The Morgan fingerprint density at radius 3 is 1.30 bits per heavy atom. The lowest BCUT2D eigenvalue weighted by atomic mass is 9.80. The number of phenols is 4. The molecular formula is C116H146N4O8. The minimum Gasteiger partial charge on any atom is -0.508 e. The molecule has 0 amide bonds. The number of aromatic amines is 4. The van der Waals surface area contributed by atoms with Crippen molar-refractivity contribution < 1.29 is 39.4 Å². The summed E-state index contributed by atoms with van der Waals surface area (Å²) in [6.07, 6.45) is 2.17. The van der Waals surface area contributed by atoms with Crippen LogP contribution < -0.4 is 18.9 Å². The Morgan fingerprint density at radius 1 is 0.352 bits per heavy atom. The molecule has 3 aliphatic rings. The highest BCUT2D eigenvalue weighted by Gasteiger charge is 2.42. The lowest BCUT2D eigenvalue weighted by Gasteiger charge is -2.32. The van der Waals surface area contributed by atoms with Gasteiger partial charge in [0.25, 0.3) is 0 Å². The SMILES string of the molecule is CCOc1ccc(C(C)(C)C)cc1Cc1cc(C(C)(C)C)cc(Cc2cc(C(C)(C)C)cc(Cc3cc(C(C)(C)C)cc(C)c3O)c2OCC2(C)c3ccc([nH]3)C3COc4c(Cc5cc(C(C)(C)C)ccc5O)cc(C(C)(C)C)cc4Cc4cc(C(C)(C)C)cc(c4O)Cc4cc(C(C)(C)C)cc(C)c4OCC(C)(c4ccc([nH]4)C(C)c4ccc3[nH]4)c3ccc2[nH]3)c1O. The molecule has 0 saturated carbocycles. The number of aryl methyl sites for hydroxylation is 2. The number of phenolic OH excluding ortho intramolecular Hbond substituents is 4. The molecular weight excluding hydrogens is 1580 g/mol. The van der Waals surface area contributed by atoms with E-state index in [9.17, 15) is 20.4 Å². The van der Waals surface area contributed by atoms with Crippen LogP contribution in [0.1, 0.15) is 374 Å². The third-order valence-electron chi connectivity index (χ3n) is 27.7. The fourth-order valence-corrected chi connectivity index (χ4v) is 18.7. The van der Waals surface area contributed by atoms with E-state index in [0.29, 0.717) is 56.6 Å². The van der Waals surface area contributed by atoms with Gasteiger partial charge >= 0.3 is 0 Å². The van der Waals surface area contributed by atoms with E-state index in [2.05, 4.69) is 359 Å². The first-order valence-electron chi connectivity index (χ1n) is 46.7. The quantitative estimate of drug-likeness (QED) is 0.0561. The van der Waals surface area contributed by atoms with E-state index in [0.717, 1.165) is 168 Å². The predicted octanol–water partition coefficient (Wildman–Crippen LogP) is 27.5. The summed E-state index contributed by atoms with van der Waals surface area (Å²) in [5.74, 6) is 3.31. The standard InChI is InChI=1S/C116H146N4O8/c1-31-125-96-39-33-83(108(8,9)10)53-71(96)47-73-55-86(111(17,18)19)58-76(102(73)123)51-81-63-89(114(26,27)28)62-80(48-72-54-84(109(11,12)13)44-67(2)101(72)122)106(81)128-66-116(30)98-41-37-94(119-98)90-64-126-105-78(46-70-52-82(107(5,6)7)32-38-95(70)121)60-88(113(23,24)25)61-79(105)50-75-57-87(112(20,21)22)56-74(103(75)124)49-77-59-85(110(14,15)16)45-68(3)104(77)127-65-115(29,99-42-43-100(116)120-99)97-40-36-92(118-97)69(4)91-34-35-93(90)117-91/h32-45,52-63,69,90,117-124H,31,46-51,64-66H2,1-30H3. The highest BCUT2D eigenvalue weighted by Crippen LogP contribution is 2.49. The molecule has 3 aliphatic heterocycles. The number of H-pyrrole nitrogens is 4. The zero-order valence-corrected chi connectivity index (χ0v) is 82.7. The van der Waals surface area contributed by atoms with Crippen LogP contribution in [0.5, 0.6) is 46.0 Å². The van der Waals surface area contributed by atoms with Gasteiger partial charge in [-0.3, -0.25) is 0 Å². The van der Waals surface area contributed by atoms with Gasteiger partial charge in [0.2, 0.25) is 0 Å². The van der Waals surface area contributed by atoms with Crippen molar-refractivity contribution in [2.45, 2.75) is 312 Å². The number of hydrogen-bond donors (Lipinski definition) is 8. The maximum Gasteiger partial charge on any atom is 0.126 e. The van der Waals surface area contributed by atoms with Gasteiger partial charge < -0.3 is 59.3 Å². The minimum atomic E-state index is -1.02. The number of aromatic hydroxyl groups is 4. The number of hydrogen-bond acceptors (Lipinski definition) is 8. The number of ether oxygens (including phenoxy) is 4. The molecule has 0 spiro atoms. The average Bonchev–Trinajstić information content (AvgIpc) is 1.59. The van der Waals surface area contributed by atoms with Gasteiger partial charge in [0.05, 0.1) is 23.4 Å². The van der Waals surface area contributed by atoms with Crippen molar-refractivity contribution in [3.8, 4) is 46.0 Å². The molecule has 7 heterocycles. The third kappa shape index (κ3) is 19.3. The predicted molar refractivity (Wildman–Crippen MR) is 527 cm³/mol. The van der Waals surface area contributed by atoms with E-state index in [4.69, 9.17) is 18.9 Å². The van der Waals surface area contributed by atoms with Crippen molar-refractivity contribution in [2.24, 2.45) is 0 Å². The Kier molecular flexibility index (Phi) is 24.8. The van der Waals surface area contributed by atoms with Gasteiger partial charge in [-0.25, -0.2) is 0 Å². The average molecular weight is 1720 g/mol. The third-order valence-corrected chi connectivity index (χ3v) is 27.7. The normalized spacial score (nSPS) is 17.4. The molecule has 4 unspecified atom stereocenters. The summed E-state index contributed by atoms with van der Waals surface area (Å²) in [6.45, 7) is 67.8. The second kappa shape index (κ2) is 34.0. The molecule has 8 aromatic carbocycles. The monoisotopic (exact) mass is 1720 g/mol. The molecule has 12 aromatic rings. The van der Waals surface area contributed by atoms with E-state index < -0.39 is 16.7 Å². The highest BCUT2D eigenvalue weighted by molar-refractivity contribution is 5.61. The number of fused-ring (bicyclic) bond motifs is 2. The molecule has 4 atom stereocenters. The number of benzene rings is 8. The molecule has 12 nitrogen and oxygen atoms in total. The first kappa shape index (κ1) is 93.4. The van der Waals surface area contributed by atoms with Crippen molar-refractivity contribution in [1.29, 1.82) is 0 Å². The molecule has 0 fully saturated rings. The molecule has 8 N–H and O–H groups in total. The molecule has 15 rings (SSSR count). The summed E-state index contributed by atoms with van der Waals surface area (Å²) in [5.41, 5.74) is 24.8. The maximum atomic E-state index is 13.5. The van der Waals surface area contributed by atoms with Crippen LogP contribution in [0.15, 0.2) is 158 Å². The van der Waals surface area contributed by atoms with Gasteiger partial charge in [0, 0.05) is 90.0 Å². The number of aromatic nitrogens is 4. The topological polar surface area (TPSA) is 181 Å². The van der Waals surface area contributed by atoms with Gasteiger partial charge in [-0.05, 0) is 261 Å². The largest absolute Gasteiger partial charge is 0.508 e. The molecule has 12 bridgehead atoms. The maximum absolute atomic E-state index is 13.5. The lowest BCUT2D eigenvalue weighted by Crippen LogP contribution is -2.35. The minimum absolute atomic E-state index is 0.103. The summed E-state index contributed by atoms with van der Waals surface area (Å²) in [6, 6.07) is 57.3. The van der Waals surface area contributed by atoms with Crippen LogP contribution in [0, 0.1) is 13.8 Å². The van der Waals surface area contributed by atoms with Crippen molar-refractivity contribution in [3.05, 3.63) is 326 Å². The van der Waals surface area contributed by atoms with Crippen molar-refractivity contribution >= 4 is 0 Å². The summed E-state index contributed by atoms with van der Waals surface area (Å²) < 4.78 is 30.1. The zero-order valence-electron chi connectivity index (χ0n) is 82.7. The van der Waals surface area contributed by atoms with Crippen molar-refractivity contribution in [1.82, 2.24) is 19.9 Å². The van der Waals surface area contributed by atoms with Crippen LogP contribution in [-0.2, 0) is 92.7 Å². The second-order valence-corrected chi connectivity index (χ2v) is 46.4. The van der Waals surface area contributed by atoms with Gasteiger partial charge in [0.15, 0.2) is 0 Å². The van der Waals surface area contributed by atoms with Gasteiger partial charge in [-0.2, -0.15) is 0 Å². The molecule has 0 aliphatic carbocycles. The highest BCUT2D eigenvalue weighted by atomic mass is 16.5. The van der Waals surface area contributed by atoms with E-state index in [1.165, 1.54) is 11.1 Å². The first-order chi connectivity index (χ1) is 59.5. The summed E-state index contributed by atoms with van der Waals surface area (Å²) >= 11 is 0. The van der Waals surface area contributed by atoms with Crippen LogP contribution in [0.2, 0.25) is 0 Å². The Balaban J connectivity index is 1.02. The van der Waals surface area contributed by atoms with E-state index in [1.54, 1.807) is 0 Å². The smallest absolute Gasteiger partial charge is 0.126 e. The Morgan fingerprint density at radius 2 is 0.734 bits per heavy atom. The second-order valence-electron chi connectivity index (χ2n) is 46.4. The van der Waals surface area contributed by atoms with E-state index in [-0.39, 0.29) is 92.1 Å².